The van der Waals surface area contributed by atoms with E-state index in [1.807, 2.05) is 17.5 Å². The van der Waals surface area contributed by atoms with Crippen LogP contribution >= 0.6 is 11.3 Å². The molecule has 0 amide bonds. The lowest BCUT2D eigenvalue weighted by Crippen LogP contribution is -2.40. The summed E-state index contributed by atoms with van der Waals surface area (Å²) >= 11 is 1.63. The van der Waals surface area contributed by atoms with Gasteiger partial charge in [-0.25, -0.2) is 4.58 Å². The highest BCUT2D eigenvalue weighted by Gasteiger charge is 2.48. The second-order valence-electron chi connectivity index (χ2n) is 4.20. The van der Waals surface area contributed by atoms with Crippen LogP contribution in [0.2, 0.25) is 0 Å². The zero-order valence-corrected chi connectivity index (χ0v) is 9.39. The minimum Gasteiger partial charge on any atom is -0.346 e. The predicted molar refractivity (Wildman–Crippen MR) is 60.2 cm³/mol. The summed E-state index contributed by atoms with van der Waals surface area (Å²) in [6, 6.07) is 4.02. The molecule has 1 atom stereocenters. The summed E-state index contributed by atoms with van der Waals surface area (Å²) in [5.41, 5.74) is -0.788. The molecule has 0 saturated carbocycles. The van der Waals surface area contributed by atoms with Gasteiger partial charge >= 0.3 is 0 Å². The Morgan fingerprint density at radius 1 is 1.47 bits per heavy atom. The molecule has 3 heterocycles. The first-order valence-electron chi connectivity index (χ1n) is 5.44. The van der Waals surface area contributed by atoms with Crippen LogP contribution in [0.5, 0.6) is 0 Å². The minimum absolute atomic E-state index is 0.628. The van der Waals surface area contributed by atoms with Crippen LogP contribution in [0.4, 0.5) is 0 Å². The van der Waals surface area contributed by atoms with E-state index in [9.17, 15) is 5.11 Å². The Balaban J connectivity index is 2.03. The second-order valence-corrected chi connectivity index (χ2v) is 5.15. The lowest BCUT2D eigenvalue weighted by Gasteiger charge is -2.22. The molecule has 0 radical (unpaired) electrons. The van der Waals surface area contributed by atoms with E-state index < -0.39 is 5.72 Å². The third kappa shape index (κ3) is 1.32. The Labute approximate surface area is 93.1 Å². The van der Waals surface area contributed by atoms with Crippen molar-refractivity contribution in [2.75, 3.05) is 13.1 Å². The highest BCUT2D eigenvalue weighted by Crippen LogP contribution is 2.31. The van der Waals surface area contributed by atoms with Crippen molar-refractivity contribution in [3.63, 3.8) is 0 Å². The number of hydrogen-bond donors (Lipinski definition) is 2. The zero-order chi connectivity index (χ0) is 10.3. The smallest absolute Gasteiger partial charge is 0.279 e. The van der Waals surface area contributed by atoms with Gasteiger partial charge in [0.15, 0.2) is 6.54 Å². The van der Waals surface area contributed by atoms with Crippen molar-refractivity contribution < 1.29 is 9.68 Å². The van der Waals surface area contributed by atoms with Crippen LogP contribution in [0.3, 0.4) is 0 Å². The summed E-state index contributed by atoms with van der Waals surface area (Å²) in [5.74, 6) is 1.22. The number of aliphatic hydroxyl groups is 1. The van der Waals surface area contributed by atoms with Crippen molar-refractivity contribution in [2.24, 2.45) is 0 Å². The maximum atomic E-state index is 10.7. The first-order chi connectivity index (χ1) is 7.31. The third-order valence-corrected chi connectivity index (χ3v) is 4.28. The van der Waals surface area contributed by atoms with Gasteiger partial charge in [-0.1, -0.05) is 6.07 Å². The van der Waals surface area contributed by atoms with E-state index in [-0.39, 0.29) is 0 Å². The van der Waals surface area contributed by atoms with Crippen LogP contribution in [0.1, 0.15) is 24.1 Å². The summed E-state index contributed by atoms with van der Waals surface area (Å²) < 4.78 is 2.14. The number of rotatable bonds is 1. The van der Waals surface area contributed by atoms with Gasteiger partial charge in [-0.2, -0.15) is 0 Å². The van der Waals surface area contributed by atoms with Gasteiger partial charge in [0.25, 0.3) is 5.72 Å². The highest BCUT2D eigenvalue weighted by atomic mass is 32.1. The molecule has 3 nitrogen and oxygen atoms in total. The highest BCUT2D eigenvalue weighted by molar-refractivity contribution is 7.10. The topological polar surface area (TPSA) is 35.3 Å². The number of β-amino-alcohol motifs (C(OH)–C–C–N with tert-alkyl or cyclic N) is 1. The van der Waals surface area contributed by atoms with Crippen LogP contribution in [0, 0.1) is 0 Å². The first kappa shape index (κ1) is 9.36. The Morgan fingerprint density at radius 2 is 2.40 bits per heavy atom. The molecule has 2 aliphatic rings. The zero-order valence-electron chi connectivity index (χ0n) is 8.57. The molecule has 2 N–H and O–H groups in total. The Kier molecular flexibility index (Phi) is 2.07. The van der Waals surface area contributed by atoms with Gasteiger partial charge in [0, 0.05) is 6.42 Å². The average molecular weight is 223 g/mol. The van der Waals surface area contributed by atoms with Crippen LogP contribution < -0.4 is 5.32 Å². The van der Waals surface area contributed by atoms with Gasteiger partial charge in [-0.05, 0) is 24.3 Å². The first-order valence-corrected chi connectivity index (χ1v) is 6.32. The lowest BCUT2D eigenvalue weighted by molar-refractivity contribution is -0.660. The number of nitrogens with one attached hydrogen (secondary N) is 1. The molecule has 0 saturated heterocycles. The fourth-order valence-corrected chi connectivity index (χ4v) is 3.30. The van der Waals surface area contributed by atoms with Gasteiger partial charge in [-0.3, -0.25) is 5.32 Å². The van der Waals surface area contributed by atoms with Gasteiger partial charge < -0.3 is 5.11 Å². The lowest BCUT2D eigenvalue weighted by atomic mass is 10.1. The van der Waals surface area contributed by atoms with Crippen LogP contribution in [-0.2, 0) is 5.72 Å². The number of hydrogen-bond acceptors (Lipinski definition) is 3. The number of thiophene rings is 1. The van der Waals surface area contributed by atoms with Crippen molar-refractivity contribution in [2.45, 2.75) is 25.0 Å². The largest absolute Gasteiger partial charge is 0.346 e. The van der Waals surface area contributed by atoms with E-state index in [0.29, 0.717) is 6.54 Å². The monoisotopic (exact) mass is 223 g/mol. The summed E-state index contributed by atoms with van der Waals surface area (Å²) in [6.45, 7) is 1.60. The normalized spacial score (nSPS) is 30.2. The summed E-state index contributed by atoms with van der Waals surface area (Å²) in [4.78, 5) is 1.05. The predicted octanol–water partition coefficient (Wildman–Crippen LogP) is 1.09. The van der Waals surface area contributed by atoms with E-state index in [4.69, 9.17) is 0 Å². The Bertz CT molecular complexity index is 399. The van der Waals surface area contributed by atoms with E-state index in [1.165, 1.54) is 18.7 Å². The van der Waals surface area contributed by atoms with Gasteiger partial charge in [-0.15, -0.1) is 11.3 Å². The third-order valence-electron chi connectivity index (χ3n) is 3.27. The van der Waals surface area contributed by atoms with E-state index in [0.717, 1.165) is 17.8 Å². The quantitative estimate of drug-likeness (QED) is 0.699. The molecule has 0 aromatic carbocycles. The van der Waals surface area contributed by atoms with Crippen LogP contribution in [0.25, 0.3) is 0 Å². The average Bonchev–Trinajstić information content (AvgIpc) is 2.88. The molecular formula is C11H15N2OS+. The van der Waals surface area contributed by atoms with E-state index >= 15 is 0 Å². The molecule has 80 valence electrons. The van der Waals surface area contributed by atoms with E-state index in [2.05, 4.69) is 9.89 Å². The molecule has 15 heavy (non-hydrogen) atoms. The molecule has 2 aliphatic heterocycles. The van der Waals surface area contributed by atoms with Crippen molar-refractivity contribution in [3.05, 3.63) is 22.4 Å². The Hall–Kier alpha value is -0.870. The molecule has 3 rings (SSSR count). The molecule has 4 heteroatoms. The number of amidine groups is 1. The second kappa shape index (κ2) is 3.32. The number of nitrogens with zero attached hydrogens (tertiary/aromatic N) is 1. The van der Waals surface area contributed by atoms with Crippen molar-refractivity contribution in [1.82, 2.24) is 5.32 Å². The SMILES string of the molecule is O[C@@]1(c2cccs2)CNC2=[N+]1CCCC2. The molecule has 1 aromatic heterocycles. The Morgan fingerprint density at radius 3 is 3.20 bits per heavy atom. The van der Waals surface area contributed by atoms with E-state index in [1.54, 1.807) is 11.3 Å². The van der Waals surface area contributed by atoms with Gasteiger partial charge in [0.1, 0.15) is 0 Å². The summed E-state index contributed by atoms with van der Waals surface area (Å²) in [7, 11) is 0. The molecule has 0 unspecified atom stereocenters. The molecule has 0 bridgehead atoms. The molecule has 1 aromatic rings. The standard InChI is InChI=1S/C11H14N2OS/c14-11(9-4-3-7-15-9)8-12-10-5-1-2-6-13(10)11/h3-4,7,14H,1-2,5-6,8H2/p+1/t11-/m1/s1. The van der Waals surface area contributed by atoms with Crippen molar-refractivity contribution in [3.8, 4) is 0 Å². The molecule has 0 spiro atoms. The van der Waals surface area contributed by atoms with Crippen molar-refractivity contribution in [1.29, 1.82) is 0 Å². The van der Waals surface area contributed by atoms with Crippen LogP contribution in [0.15, 0.2) is 17.5 Å². The summed E-state index contributed by atoms with van der Waals surface area (Å²) in [6.07, 6.45) is 3.49. The maximum absolute atomic E-state index is 10.7. The molecule has 0 aliphatic carbocycles. The molecule has 0 fully saturated rings. The minimum atomic E-state index is -0.788. The summed E-state index contributed by atoms with van der Waals surface area (Å²) in [5, 5.41) is 16.1. The van der Waals surface area contributed by atoms with Crippen molar-refractivity contribution >= 4 is 17.2 Å². The fraction of sp³-hybridized carbons (Fsp3) is 0.545. The fourth-order valence-electron chi connectivity index (χ4n) is 2.47. The van der Waals surface area contributed by atoms with Gasteiger partial charge in [0.2, 0.25) is 5.84 Å². The van der Waals surface area contributed by atoms with Crippen LogP contribution in [-0.4, -0.2) is 28.6 Å². The van der Waals surface area contributed by atoms with Gasteiger partial charge in [0.05, 0.1) is 11.4 Å². The molecular weight excluding hydrogens is 208 g/mol. The maximum Gasteiger partial charge on any atom is 0.279 e.